The monoisotopic (exact) mass is 174 g/mol. The third-order valence-corrected chi connectivity index (χ3v) is 2.22. The van der Waals surface area contributed by atoms with Crippen LogP contribution in [0.25, 0.3) is 0 Å². The second kappa shape index (κ2) is 2.98. The van der Waals surface area contributed by atoms with Gasteiger partial charge in [-0.15, -0.1) is 0 Å². The Labute approximate surface area is 74.0 Å². The van der Waals surface area contributed by atoms with E-state index in [9.17, 15) is 0 Å². The lowest BCUT2D eigenvalue weighted by atomic mass is 10.0. The van der Waals surface area contributed by atoms with E-state index in [2.05, 4.69) is 0 Å². The van der Waals surface area contributed by atoms with E-state index in [4.69, 9.17) is 14.2 Å². The molecule has 0 saturated carbocycles. The summed E-state index contributed by atoms with van der Waals surface area (Å²) >= 11 is 0. The van der Waals surface area contributed by atoms with E-state index < -0.39 is 5.97 Å². The molecule has 3 heteroatoms. The molecule has 0 amide bonds. The number of hydrogen-bond donors (Lipinski definition) is 0. The van der Waals surface area contributed by atoms with Gasteiger partial charge in [-0.2, -0.15) is 0 Å². The summed E-state index contributed by atoms with van der Waals surface area (Å²) in [7, 11) is 0. The van der Waals surface area contributed by atoms with Crippen LogP contribution in [-0.2, 0) is 14.2 Å². The molecule has 72 valence electrons. The predicted molar refractivity (Wildman–Crippen MR) is 45.7 cm³/mol. The Balaban J connectivity index is 2.64. The first-order valence-electron chi connectivity index (χ1n) is 4.41. The zero-order chi connectivity index (χ0) is 9.41. The lowest BCUT2D eigenvalue weighted by molar-refractivity contribution is -0.333. The Kier molecular flexibility index (Phi) is 2.47. The van der Waals surface area contributed by atoms with E-state index in [-0.39, 0.29) is 11.7 Å². The Morgan fingerprint density at radius 2 is 1.92 bits per heavy atom. The topological polar surface area (TPSA) is 27.7 Å². The maximum atomic E-state index is 5.64. The Morgan fingerprint density at radius 1 is 1.33 bits per heavy atom. The normalized spacial score (nSPS) is 40.2. The maximum Gasteiger partial charge on any atom is 0.280 e. The molecule has 1 fully saturated rings. The van der Waals surface area contributed by atoms with Gasteiger partial charge in [0, 0.05) is 13.5 Å². The first-order chi connectivity index (χ1) is 5.40. The van der Waals surface area contributed by atoms with E-state index in [1.54, 1.807) is 0 Å². The van der Waals surface area contributed by atoms with Gasteiger partial charge >= 0.3 is 0 Å². The first-order valence-corrected chi connectivity index (χ1v) is 4.41. The van der Waals surface area contributed by atoms with Crippen molar-refractivity contribution >= 4 is 0 Å². The fourth-order valence-corrected chi connectivity index (χ4v) is 1.37. The minimum Gasteiger partial charge on any atom is -0.328 e. The average Bonchev–Trinajstić information content (AvgIpc) is 2.02. The molecule has 1 unspecified atom stereocenters. The van der Waals surface area contributed by atoms with Gasteiger partial charge in [0.15, 0.2) is 0 Å². The lowest BCUT2D eigenvalue weighted by Gasteiger charge is -2.24. The average molecular weight is 174 g/mol. The Bertz CT molecular complexity index is 167. The SMILES string of the molecule is CCOC1(C)O[C@@H](C)C(C)(C)O1. The fraction of sp³-hybridized carbons (Fsp3) is 1.00. The van der Waals surface area contributed by atoms with Gasteiger partial charge in [0.2, 0.25) is 0 Å². The summed E-state index contributed by atoms with van der Waals surface area (Å²) < 4.78 is 16.6. The molecular weight excluding hydrogens is 156 g/mol. The molecule has 1 aliphatic rings. The highest BCUT2D eigenvalue weighted by Gasteiger charge is 2.48. The van der Waals surface area contributed by atoms with Crippen LogP contribution in [-0.4, -0.2) is 24.3 Å². The van der Waals surface area contributed by atoms with Crippen LogP contribution in [0.3, 0.4) is 0 Å². The van der Waals surface area contributed by atoms with Crippen LogP contribution in [0, 0.1) is 0 Å². The van der Waals surface area contributed by atoms with Crippen molar-refractivity contribution in [2.24, 2.45) is 0 Å². The summed E-state index contributed by atoms with van der Waals surface area (Å²) in [6.07, 6.45) is 0.0639. The number of hydrogen-bond acceptors (Lipinski definition) is 3. The van der Waals surface area contributed by atoms with Crippen LogP contribution in [0.15, 0.2) is 0 Å². The standard InChI is InChI=1S/C9H18O3/c1-6-10-9(5)11-7(2)8(3,4)12-9/h7H,6H2,1-5H3/t7-,9?/m0/s1. The Morgan fingerprint density at radius 3 is 2.25 bits per heavy atom. The third-order valence-electron chi connectivity index (χ3n) is 2.22. The summed E-state index contributed by atoms with van der Waals surface area (Å²) in [5, 5.41) is 0. The van der Waals surface area contributed by atoms with E-state index in [0.717, 1.165) is 0 Å². The van der Waals surface area contributed by atoms with Gasteiger partial charge in [-0.1, -0.05) is 0 Å². The van der Waals surface area contributed by atoms with Crippen LogP contribution in [0.2, 0.25) is 0 Å². The molecule has 0 aromatic carbocycles. The molecule has 12 heavy (non-hydrogen) atoms. The molecule has 0 aromatic rings. The second-order valence-electron chi connectivity index (χ2n) is 3.76. The van der Waals surface area contributed by atoms with Crippen LogP contribution >= 0.6 is 0 Å². The van der Waals surface area contributed by atoms with E-state index in [1.807, 2.05) is 34.6 Å². The number of ether oxygens (including phenoxy) is 3. The first kappa shape index (κ1) is 9.96. The van der Waals surface area contributed by atoms with Crippen molar-refractivity contribution in [1.82, 2.24) is 0 Å². The molecule has 0 aromatic heterocycles. The predicted octanol–water partition coefficient (Wildman–Crippen LogP) is 1.91. The number of rotatable bonds is 2. The zero-order valence-electron chi connectivity index (χ0n) is 8.51. The van der Waals surface area contributed by atoms with Gasteiger partial charge in [0.1, 0.15) is 0 Å². The molecule has 0 bridgehead atoms. The molecule has 3 nitrogen and oxygen atoms in total. The minimum absolute atomic E-state index is 0.0639. The molecule has 0 radical (unpaired) electrons. The molecule has 0 N–H and O–H groups in total. The van der Waals surface area contributed by atoms with Gasteiger partial charge < -0.3 is 14.2 Å². The molecule has 1 saturated heterocycles. The van der Waals surface area contributed by atoms with Crippen molar-refractivity contribution in [2.45, 2.75) is 52.3 Å². The summed E-state index contributed by atoms with van der Waals surface area (Å²) in [4.78, 5) is 0. The van der Waals surface area contributed by atoms with Gasteiger partial charge in [-0.3, -0.25) is 0 Å². The highest BCUT2D eigenvalue weighted by Crippen LogP contribution is 2.36. The molecular formula is C9H18O3. The van der Waals surface area contributed by atoms with Gasteiger partial charge in [0.25, 0.3) is 5.97 Å². The van der Waals surface area contributed by atoms with E-state index >= 15 is 0 Å². The van der Waals surface area contributed by atoms with Crippen molar-refractivity contribution in [2.75, 3.05) is 6.61 Å². The third kappa shape index (κ3) is 1.79. The molecule has 1 heterocycles. The molecule has 0 spiro atoms. The summed E-state index contributed by atoms with van der Waals surface area (Å²) in [6.45, 7) is 10.3. The van der Waals surface area contributed by atoms with Crippen molar-refractivity contribution in [3.05, 3.63) is 0 Å². The maximum absolute atomic E-state index is 5.64. The largest absolute Gasteiger partial charge is 0.328 e. The van der Waals surface area contributed by atoms with Gasteiger partial charge in [-0.25, -0.2) is 0 Å². The van der Waals surface area contributed by atoms with Crippen molar-refractivity contribution < 1.29 is 14.2 Å². The molecule has 0 aliphatic carbocycles. The van der Waals surface area contributed by atoms with Crippen molar-refractivity contribution in [1.29, 1.82) is 0 Å². The summed E-state index contributed by atoms with van der Waals surface area (Å²) in [6, 6.07) is 0. The van der Waals surface area contributed by atoms with Crippen LogP contribution in [0.5, 0.6) is 0 Å². The minimum atomic E-state index is -0.850. The van der Waals surface area contributed by atoms with Gasteiger partial charge in [0.05, 0.1) is 11.7 Å². The smallest absolute Gasteiger partial charge is 0.280 e. The molecule has 1 aliphatic heterocycles. The van der Waals surface area contributed by atoms with Gasteiger partial charge in [-0.05, 0) is 27.7 Å². The van der Waals surface area contributed by atoms with E-state index in [1.165, 1.54) is 0 Å². The molecule has 1 rings (SSSR count). The quantitative estimate of drug-likeness (QED) is 0.640. The highest BCUT2D eigenvalue weighted by atomic mass is 16.9. The van der Waals surface area contributed by atoms with Crippen molar-refractivity contribution in [3.8, 4) is 0 Å². The van der Waals surface area contributed by atoms with Crippen molar-refractivity contribution in [3.63, 3.8) is 0 Å². The molecule has 2 atom stereocenters. The second-order valence-corrected chi connectivity index (χ2v) is 3.76. The zero-order valence-corrected chi connectivity index (χ0v) is 8.51. The van der Waals surface area contributed by atoms with E-state index in [0.29, 0.717) is 6.61 Å². The van der Waals surface area contributed by atoms with Crippen LogP contribution < -0.4 is 0 Å². The fourth-order valence-electron chi connectivity index (χ4n) is 1.37. The lowest BCUT2D eigenvalue weighted by Crippen LogP contribution is -2.33. The van der Waals surface area contributed by atoms with Crippen LogP contribution in [0.4, 0.5) is 0 Å². The highest BCUT2D eigenvalue weighted by molar-refractivity contribution is 4.84. The Hall–Kier alpha value is -0.120. The summed E-state index contributed by atoms with van der Waals surface area (Å²) in [5.74, 6) is -0.850. The van der Waals surface area contributed by atoms with Crippen LogP contribution in [0.1, 0.15) is 34.6 Å². The summed E-state index contributed by atoms with van der Waals surface area (Å²) in [5.41, 5.74) is -0.260.